The Labute approximate surface area is 163 Å². The topological polar surface area (TPSA) is 69.5 Å². The molecule has 1 amide bonds. The minimum atomic E-state index is 0.0665. The fourth-order valence-electron chi connectivity index (χ4n) is 3.74. The number of hydrogen-bond acceptors (Lipinski definition) is 6. The highest BCUT2D eigenvalue weighted by molar-refractivity contribution is 7.99. The molecule has 144 valence electrons. The van der Waals surface area contributed by atoms with Gasteiger partial charge in [-0.05, 0) is 36.0 Å². The Kier molecular flexibility index (Phi) is 4.99. The highest BCUT2D eigenvalue weighted by atomic mass is 32.2. The van der Waals surface area contributed by atoms with E-state index in [1.54, 1.807) is 18.1 Å². The van der Waals surface area contributed by atoms with Crippen molar-refractivity contribution >= 4 is 17.7 Å². The summed E-state index contributed by atoms with van der Waals surface area (Å²) < 4.78 is 12.8. The lowest BCUT2D eigenvalue weighted by Gasteiger charge is -2.40. The number of hydrogen-bond donors (Lipinski definition) is 0. The number of amides is 1. The minimum Gasteiger partial charge on any atom is -0.454 e. The van der Waals surface area contributed by atoms with Gasteiger partial charge in [-0.3, -0.25) is 4.79 Å². The second-order valence-electron chi connectivity index (χ2n) is 7.56. The molecule has 0 spiro atoms. The van der Waals surface area contributed by atoms with Gasteiger partial charge in [0.25, 0.3) is 0 Å². The highest BCUT2D eigenvalue weighted by Gasteiger charge is 2.35. The van der Waals surface area contributed by atoms with Gasteiger partial charge in [0.05, 0.1) is 0 Å². The molecule has 3 heterocycles. The molecule has 1 atom stereocenters. The molecule has 0 radical (unpaired) electrons. The van der Waals surface area contributed by atoms with E-state index in [4.69, 9.17) is 9.47 Å². The number of aryl methyl sites for hydroxylation is 1. The van der Waals surface area contributed by atoms with Crippen molar-refractivity contribution < 1.29 is 14.3 Å². The minimum absolute atomic E-state index is 0.0665. The van der Waals surface area contributed by atoms with Crippen LogP contribution in [0.5, 0.6) is 11.5 Å². The molecule has 4 rings (SSSR count). The Morgan fingerprint density at radius 2 is 2.15 bits per heavy atom. The molecule has 2 aliphatic rings. The molecule has 7 nitrogen and oxygen atoms in total. The molecule has 1 saturated heterocycles. The van der Waals surface area contributed by atoms with Crippen LogP contribution in [0.2, 0.25) is 0 Å². The molecule has 0 aliphatic carbocycles. The van der Waals surface area contributed by atoms with Crippen molar-refractivity contribution in [3.63, 3.8) is 0 Å². The molecule has 0 saturated carbocycles. The average Bonchev–Trinajstić information content (AvgIpc) is 3.27. The van der Waals surface area contributed by atoms with E-state index >= 15 is 0 Å². The van der Waals surface area contributed by atoms with Crippen molar-refractivity contribution in [3.8, 4) is 11.5 Å². The summed E-state index contributed by atoms with van der Waals surface area (Å²) in [7, 11) is 1.93. The zero-order chi connectivity index (χ0) is 18.9. The molecule has 0 unspecified atom stereocenters. The zero-order valence-electron chi connectivity index (χ0n) is 15.7. The van der Waals surface area contributed by atoms with E-state index in [-0.39, 0.29) is 11.3 Å². The number of carbonyl (C=O) groups excluding carboxylic acids is 1. The van der Waals surface area contributed by atoms with Crippen LogP contribution in [-0.4, -0.2) is 51.2 Å². The number of fused-ring (bicyclic) bond motifs is 1. The Balaban J connectivity index is 1.37. The summed E-state index contributed by atoms with van der Waals surface area (Å²) in [6.45, 7) is 4.07. The smallest absolute Gasteiger partial charge is 0.231 e. The summed E-state index contributed by atoms with van der Waals surface area (Å²) in [5.41, 5.74) is 1.29. The summed E-state index contributed by atoms with van der Waals surface area (Å²) in [6.07, 6.45) is 4.13. The van der Waals surface area contributed by atoms with E-state index in [0.29, 0.717) is 13.2 Å². The molecular weight excluding hydrogens is 364 g/mol. The van der Waals surface area contributed by atoms with Crippen molar-refractivity contribution in [2.24, 2.45) is 12.5 Å². The van der Waals surface area contributed by atoms with Crippen LogP contribution in [0.25, 0.3) is 0 Å². The number of likely N-dealkylation sites (tertiary alicyclic amines) is 1. The normalized spacial score (nSPS) is 21.7. The molecule has 27 heavy (non-hydrogen) atoms. The first-order chi connectivity index (χ1) is 13.0. The second kappa shape index (κ2) is 7.42. The first kappa shape index (κ1) is 18.2. The zero-order valence-corrected chi connectivity index (χ0v) is 16.5. The molecule has 0 N–H and O–H groups in total. The van der Waals surface area contributed by atoms with Crippen LogP contribution in [-0.2, 0) is 18.3 Å². The number of thioether (sulfide) groups is 1. The van der Waals surface area contributed by atoms with E-state index in [9.17, 15) is 4.79 Å². The Morgan fingerprint density at radius 3 is 2.96 bits per heavy atom. The lowest BCUT2D eigenvalue weighted by Crippen LogP contribution is -2.47. The quantitative estimate of drug-likeness (QED) is 0.708. The number of nitrogens with zero attached hydrogens (tertiary/aromatic N) is 4. The van der Waals surface area contributed by atoms with Crippen molar-refractivity contribution in [2.45, 2.75) is 31.3 Å². The standard InChI is InChI=1S/C19H24N4O3S/c1-19(10-14-3-4-15-16(9-14)26-13-25-15)6-5-17(24)23(11-19)7-8-27-18-21-20-12-22(18)2/h3-4,9,12H,5-8,10-11,13H2,1-2H3/t19-/m0/s1. The second-order valence-corrected chi connectivity index (χ2v) is 8.63. The number of carbonyl (C=O) groups is 1. The predicted molar refractivity (Wildman–Crippen MR) is 102 cm³/mol. The Hall–Kier alpha value is -2.22. The number of rotatable bonds is 6. The van der Waals surface area contributed by atoms with Crippen LogP contribution >= 0.6 is 11.8 Å². The largest absolute Gasteiger partial charge is 0.454 e. The van der Waals surface area contributed by atoms with Crippen molar-refractivity contribution in [1.82, 2.24) is 19.7 Å². The Morgan fingerprint density at radius 1 is 1.30 bits per heavy atom. The van der Waals surface area contributed by atoms with Gasteiger partial charge in [0.1, 0.15) is 6.33 Å². The fourth-order valence-corrected chi connectivity index (χ4v) is 4.59. The van der Waals surface area contributed by atoms with E-state index in [0.717, 1.165) is 48.3 Å². The molecule has 2 aliphatic heterocycles. The van der Waals surface area contributed by atoms with Gasteiger partial charge in [0.2, 0.25) is 12.7 Å². The number of benzene rings is 1. The van der Waals surface area contributed by atoms with Crippen LogP contribution in [0.3, 0.4) is 0 Å². The van der Waals surface area contributed by atoms with Crippen LogP contribution in [0.4, 0.5) is 0 Å². The van der Waals surface area contributed by atoms with Gasteiger partial charge in [0.15, 0.2) is 16.7 Å². The van der Waals surface area contributed by atoms with Crippen LogP contribution in [0, 0.1) is 5.41 Å². The lowest BCUT2D eigenvalue weighted by atomic mass is 9.76. The molecule has 1 fully saturated rings. The van der Waals surface area contributed by atoms with Crippen LogP contribution in [0.15, 0.2) is 29.7 Å². The summed E-state index contributed by atoms with van der Waals surface area (Å²) in [5.74, 6) is 2.69. The highest BCUT2D eigenvalue weighted by Crippen LogP contribution is 2.38. The van der Waals surface area contributed by atoms with Crippen LogP contribution in [0.1, 0.15) is 25.3 Å². The van der Waals surface area contributed by atoms with Gasteiger partial charge in [-0.2, -0.15) is 0 Å². The molecule has 0 bridgehead atoms. The van der Waals surface area contributed by atoms with Gasteiger partial charge in [-0.25, -0.2) is 0 Å². The van der Waals surface area contributed by atoms with E-state index in [1.165, 1.54) is 5.56 Å². The van der Waals surface area contributed by atoms with E-state index < -0.39 is 0 Å². The molecule has 1 aromatic carbocycles. The molecule has 1 aromatic heterocycles. The average molecular weight is 388 g/mol. The van der Waals surface area contributed by atoms with Crippen molar-refractivity contribution in [1.29, 1.82) is 0 Å². The number of aromatic nitrogens is 3. The third-order valence-corrected chi connectivity index (χ3v) is 6.21. The molecule has 8 heteroatoms. The van der Waals surface area contributed by atoms with Crippen molar-refractivity contribution in [3.05, 3.63) is 30.1 Å². The molecule has 2 aromatic rings. The predicted octanol–water partition coefficient (Wildman–Crippen LogP) is 2.51. The summed E-state index contributed by atoms with van der Waals surface area (Å²) in [6, 6.07) is 6.14. The van der Waals surface area contributed by atoms with Gasteiger partial charge < -0.3 is 18.9 Å². The van der Waals surface area contributed by atoms with Crippen LogP contribution < -0.4 is 9.47 Å². The first-order valence-electron chi connectivity index (χ1n) is 9.16. The monoisotopic (exact) mass is 388 g/mol. The number of piperidine rings is 1. The van der Waals surface area contributed by atoms with Gasteiger partial charge in [0, 0.05) is 32.3 Å². The molecular formula is C19H24N4O3S. The third kappa shape index (κ3) is 4.05. The SMILES string of the molecule is Cn1cnnc1SCCN1C[C@](C)(Cc2ccc3c(c2)OCO3)CCC1=O. The lowest BCUT2D eigenvalue weighted by molar-refractivity contribution is -0.136. The van der Waals surface area contributed by atoms with Gasteiger partial charge >= 0.3 is 0 Å². The maximum atomic E-state index is 12.4. The summed E-state index contributed by atoms with van der Waals surface area (Å²) in [5, 5.41) is 8.85. The summed E-state index contributed by atoms with van der Waals surface area (Å²) in [4.78, 5) is 14.4. The summed E-state index contributed by atoms with van der Waals surface area (Å²) >= 11 is 1.63. The maximum Gasteiger partial charge on any atom is 0.231 e. The van der Waals surface area contributed by atoms with Gasteiger partial charge in [-0.1, -0.05) is 24.8 Å². The van der Waals surface area contributed by atoms with E-state index in [2.05, 4.69) is 29.3 Å². The number of ether oxygens (including phenoxy) is 2. The first-order valence-corrected chi connectivity index (χ1v) is 10.1. The van der Waals surface area contributed by atoms with Gasteiger partial charge in [-0.15, -0.1) is 10.2 Å². The third-order valence-electron chi connectivity index (χ3n) is 5.20. The maximum absolute atomic E-state index is 12.4. The van der Waals surface area contributed by atoms with Crippen molar-refractivity contribution in [2.75, 3.05) is 25.6 Å². The van der Waals surface area contributed by atoms with E-state index in [1.807, 2.05) is 22.6 Å². The fraction of sp³-hybridized carbons (Fsp3) is 0.526. The Bertz CT molecular complexity index is 840.